The van der Waals surface area contributed by atoms with Crippen molar-refractivity contribution >= 4 is 17.4 Å². The quantitative estimate of drug-likeness (QED) is 0.580. The summed E-state index contributed by atoms with van der Waals surface area (Å²) in [5.41, 5.74) is 1.82. The van der Waals surface area contributed by atoms with Crippen molar-refractivity contribution < 1.29 is 19.1 Å². The van der Waals surface area contributed by atoms with E-state index in [1.54, 1.807) is 19.2 Å². The SMILES string of the molecule is COCCOc1ccc2c(n1)C(=O)C(C(=O)NCc1ccccc1)CN2. The van der Waals surface area contributed by atoms with Crippen LogP contribution in [-0.4, -0.2) is 43.5 Å². The van der Waals surface area contributed by atoms with Crippen molar-refractivity contribution in [2.45, 2.75) is 6.54 Å². The molecule has 1 aliphatic rings. The minimum Gasteiger partial charge on any atom is -0.475 e. The molecule has 1 amide bonds. The fraction of sp³-hybridized carbons (Fsp3) is 0.316. The molecule has 0 fully saturated rings. The lowest BCUT2D eigenvalue weighted by Gasteiger charge is -2.23. The normalized spacial score (nSPS) is 15.7. The van der Waals surface area contributed by atoms with Crippen LogP contribution >= 0.6 is 0 Å². The lowest BCUT2D eigenvalue weighted by Crippen LogP contribution is -2.42. The van der Waals surface area contributed by atoms with Gasteiger partial charge in [0.2, 0.25) is 11.8 Å². The summed E-state index contributed by atoms with van der Waals surface area (Å²) in [5.74, 6) is -1.10. The van der Waals surface area contributed by atoms with Gasteiger partial charge in [-0.25, -0.2) is 4.98 Å². The van der Waals surface area contributed by atoms with E-state index in [1.807, 2.05) is 30.3 Å². The van der Waals surface area contributed by atoms with Gasteiger partial charge in [-0.1, -0.05) is 30.3 Å². The van der Waals surface area contributed by atoms with Gasteiger partial charge in [0, 0.05) is 26.3 Å². The minimum absolute atomic E-state index is 0.228. The van der Waals surface area contributed by atoms with Crippen molar-refractivity contribution in [3.63, 3.8) is 0 Å². The van der Waals surface area contributed by atoms with Gasteiger partial charge in [-0.05, 0) is 11.6 Å². The zero-order valence-corrected chi connectivity index (χ0v) is 14.5. The summed E-state index contributed by atoms with van der Waals surface area (Å²) >= 11 is 0. The Labute approximate surface area is 151 Å². The average Bonchev–Trinajstić information content (AvgIpc) is 2.68. The van der Waals surface area contributed by atoms with Gasteiger partial charge in [-0.3, -0.25) is 9.59 Å². The topological polar surface area (TPSA) is 89.6 Å². The number of hydrogen-bond donors (Lipinski definition) is 2. The molecule has 0 saturated heterocycles. The average molecular weight is 355 g/mol. The molecule has 1 aromatic heterocycles. The third kappa shape index (κ3) is 4.18. The molecule has 136 valence electrons. The van der Waals surface area contributed by atoms with Gasteiger partial charge in [0.1, 0.15) is 18.2 Å². The van der Waals surface area contributed by atoms with E-state index in [2.05, 4.69) is 15.6 Å². The second kappa shape index (κ2) is 8.44. The Morgan fingerprint density at radius 2 is 2.04 bits per heavy atom. The summed E-state index contributed by atoms with van der Waals surface area (Å²) in [6, 6.07) is 13.0. The maximum Gasteiger partial charge on any atom is 0.233 e. The number of amides is 1. The molecule has 7 nitrogen and oxygen atoms in total. The fourth-order valence-corrected chi connectivity index (χ4v) is 2.67. The summed E-state index contributed by atoms with van der Waals surface area (Å²) in [6.07, 6.45) is 0. The van der Waals surface area contributed by atoms with Crippen LogP contribution in [-0.2, 0) is 16.1 Å². The van der Waals surface area contributed by atoms with E-state index in [9.17, 15) is 9.59 Å². The van der Waals surface area contributed by atoms with Gasteiger partial charge in [0.15, 0.2) is 5.78 Å². The Kier molecular flexibility index (Phi) is 5.80. The maximum absolute atomic E-state index is 12.7. The van der Waals surface area contributed by atoms with Gasteiger partial charge < -0.3 is 20.1 Å². The highest BCUT2D eigenvalue weighted by Gasteiger charge is 2.34. The first-order valence-corrected chi connectivity index (χ1v) is 8.41. The first-order chi connectivity index (χ1) is 12.7. The Bertz CT molecular complexity index is 780. The molecule has 0 saturated carbocycles. The number of aromatic nitrogens is 1. The smallest absolute Gasteiger partial charge is 0.233 e. The predicted octanol–water partition coefficient (Wildman–Crippen LogP) is 1.65. The van der Waals surface area contributed by atoms with Crippen molar-refractivity contribution in [1.29, 1.82) is 0 Å². The van der Waals surface area contributed by atoms with Crippen LogP contribution in [0.5, 0.6) is 5.88 Å². The van der Waals surface area contributed by atoms with Gasteiger partial charge in [0.05, 0.1) is 12.3 Å². The highest BCUT2D eigenvalue weighted by atomic mass is 16.5. The molecule has 26 heavy (non-hydrogen) atoms. The number of Topliss-reactive ketones (excluding diaryl/α,β-unsaturated/α-hetero) is 1. The number of ether oxygens (including phenoxy) is 2. The van der Waals surface area contributed by atoms with Crippen LogP contribution in [0.15, 0.2) is 42.5 Å². The van der Waals surface area contributed by atoms with Crippen LogP contribution in [0.4, 0.5) is 5.69 Å². The largest absolute Gasteiger partial charge is 0.475 e. The van der Waals surface area contributed by atoms with Crippen molar-refractivity contribution in [1.82, 2.24) is 10.3 Å². The molecular formula is C19H21N3O4. The van der Waals surface area contributed by atoms with E-state index < -0.39 is 5.92 Å². The standard InChI is InChI=1S/C19H21N3O4/c1-25-9-10-26-16-8-7-15-17(22-16)18(23)14(12-20-15)19(24)21-11-13-5-3-2-4-6-13/h2-8,14,20H,9-12H2,1H3,(H,21,24). The molecule has 1 atom stereocenters. The monoisotopic (exact) mass is 355 g/mol. The summed E-state index contributed by atoms with van der Waals surface area (Å²) in [5, 5.41) is 5.90. The number of benzene rings is 1. The molecule has 0 spiro atoms. The zero-order valence-electron chi connectivity index (χ0n) is 14.5. The second-order valence-corrected chi connectivity index (χ2v) is 5.89. The Morgan fingerprint density at radius 3 is 2.81 bits per heavy atom. The lowest BCUT2D eigenvalue weighted by molar-refractivity contribution is -0.123. The molecule has 2 heterocycles. The molecule has 0 aliphatic carbocycles. The minimum atomic E-state index is -0.812. The third-order valence-corrected chi connectivity index (χ3v) is 4.08. The summed E-state index contributed by atoms with van der Waals surface area (Å²) < 4.78 is 10.4. The summed E-state index contributed by atoms with van der Waals surface area (Å²) in [4.78, 5) is 29.4. The number of nitrogens with zero attached hydrogens (tertiary/aromatic N) is 1. The van der Waals surface area contributed by atoms with E-state index in [1.165, 1.54) is 0 Å². The van der Waals surface area contributed by atoms with Crippen LogP contribution in [0.2, 0.25) is 0 Å². The number of fused-ring (bicyclic) bond motifs is 1. The molecule has 0 bridgehead atoms. The molecular weight excluding hydrogens is 334 g/mol. The number of methoxy groups -OCH3 is 1. The molecule has 1 aliphatic heterocycles. The van der Waals surface area contributed by atoms with Crippen LogP contribution in [0, 0.1) is 5.92 Å². The molecule has 2 N–H and O–H groups in total. The number of rotatable bonds is 7. The number of pyridine rings is 1. The van der Waals surface area contributed by atoms with Gasteiger partial charge in [-0.2, -0.15) is 0 Å². The van der Waals surface area contributed by atoms with E-state index in [0.717, 1.165) is 5.56 Å². The van der Waals surface area contributed by atoms with Crippen molar-refractivity contribution in [3.05, 3.63) is 53.7 Å². The molecule has 3 rings (SSSR count). The number of hydrogen-bond acceptors (Lipinski definition) is 6. The van der Waals surface area contributed by atoms with Crippen LogP contribution in [0.25, 0.3) is 0 Å². The molecule has 1 aromatic carbocycles. The van der Waals surface area contributed by atoms with Crippen molar-refractivity contribution in [3.8, 4) is 5.88 Å². The Balaban J connectivity index is 1.66. The van der Waals surface area contributed by atoms with E-state index >= 15 is 0 Å². The first kappa shape index (κ1) is 17.9. The Hall–Kier alpha value is -2.93. The van der Waals surface area contributed by atoms with Gasteiger partial charge in [-0.15, -0.1) is 0 Å². The van der Waals surface area contributed by atoms with E-state index in [0.29, 0.717) is 31.3 Å². The number of carbonyl (C=O) groups excluding carboxylic acids is 2. The van der Waals surface area contributed by atoms with Crippen LogP contribution < -0.4 is 15.4 Å². The lowest BCUT2D eigenvalue weighted by atomic mass is 9.95. The second-order valence-electron chi connectivity index (χ2n) is 5.89. The van der Waals surface area contributed by atoms with E-state index in [-0.39, 0.29) is 23.9 Å². The van der Waals surface area contributed by atoms with Crippen LogP contribution in [0.3, 0.4) is 0 Å². The zero-order chi connectivity index (χ0) is 18.4. The summed E-state index contributed by atoms with van der Waals surface area (Å²) in [6.45, 7) is 1.39. The molecule has 2 aromatic rings. The first-order valence-electron chi connectivity index (χ1n) is 8.41. The van der Waals surface area contributed by atoms with Gasteiger partial charge >= 0.3 is 0 Å². The highest BCUT2D eigenvalue weighted by Crippen LogP contribution is 2.25. The van der Waals surface area contributed by atoms with Crippen LogP contribution in [0.1, 0.15) is 16.1 Å². The number of ketones is 1. The number of nitrogens with one attached hydrogen (secondary N) is 2. The predicted molar refractivity (Wildman–Crippen MR) is 96.2 cm³/mol. The number of carbonyl (C=O) groups is 2. The number of anilines is 1. The Morgan fingerprint density at radius 1 is 1.23 bits per heavy atom. The van der Waals surface area contributed by atoms with E-state index in [4.69, 9.17) is 9.47 Å². The van der Waals surface area contributed by atoms with Crippen molar-refractivity contribution in [2.75, 3.05) is 32.2 Å². The maximum atomic E-state index is 12.7. The molecule has 7 heteroatoms. The highest BCUT2D eigenvalue weighted by molar-refractivity contribution is 6.13. The summed E-state index contributed by atoms with van der Waals surface area (Å²) in [7, 11) is 1.58. The molecule has 1 unspecified atom stereocenters. The molecule has 0 radical (unpaired) electrons. The third-order valence-electron chi connectivity index (χ3n) is 4.08. The van der Waals surface area contributed by atoms with Gasteiger partial charge in [0.25, 0.3) is 0 Å². The van der Waals surface area contributed by atoms with Crippen molar-refractivity contribution in [2.24, 2.45) is 5.92 Å². The fourth-order valence-electron chi connectivity index (χ4n) is 2.67.